The summed E-state index contributed by atoms with van der Waals surface area (Å²) < 4.78 is 6.03. The Morgan fingerprint density at radius 1 is 1.13 bits per heavy atom. The van der Waals surface area contributed by atoms with Gasteiger partial charge in [0.2, 0.25) is 11.8 Å². The molecule has 168 valence electrons. The molecule has 0 aliphatic carbocycles. The molecule has 2 aromatic heterocycles. The number of urea groups is 1. The number of carbonyl (C=O) groups excluding carboxylic acids is 1. The Balaban J connectivity index is 0.00000132. The first-order valence-corrected chi connectivity index (χ1v) is 11.3. The normalized spacial score (nSPS) is 15.3. The topological polar surface area (TPSA) is 83.5 Å². The highest BCUT2D eigenvalue weighted by Crippen LogP contribution is 2.30. The number of aromatic nitrogens is 3. The number of rotatable bonds is 4. The predicted molar refractivity (Wildman–Crippen MR) is 123 cm³/mol. The lowest BCUT2D eigenvalue weighted by atomic mass is 10.1. The lowest BCUT2D eigenvalue weighted by molar-refractivity contribution is 0.198. The average Bonchev–Trinajstić information content (AvgIpc) is 3.31. The molecular weight excluding hydrogens is 392 g/mol. The second-order valence-corrected chi connectivity index (χ2v) is 7.90. The van der Waals surface area contributed by atoms with Gasteiger partial charge in [-0.3, -0.25) is 4.98 Å². The quantitative estimate of drug-likeness (QED) is 0.789. The Kier molecular flexibility index (Phi) is 7.65. The number of carbonyl (C=O) groups is 1. The highest BCUT2D eigenvalue weighted by atomic mass is 16.5. The summed E-state index contributed by atoms with van der Waals surface area (Å²) in [5.41, 5.74) is 3.49. The van der Waals surface area contributed by atoms with E-state index in [9.17, 15) is 4.79 Å². The van der Waals surface area contributed by atoms with E-state index in [-0.39, 0.29) is 12.1 Å². The summed E-state index contributed by atoms with van der Waals surface area (Å²) in [6, 6.07) is 3.58. The largest absolute Gasteiger partial charge is 0.475 e. The number of ether oxygens (including phenoxy) is 1. The summed E-state index contributed by atoms with van der Waals surface area (Å²) in [7, 11) is 0. The molecule has 4 rings (SSSR count). The Bertz CT molecular complexity index is 878. The molecule has 0 radical (unpaired) electrons. The van der Waals surface area contributed by atoms with Crippen LogP contribution in [0.4, 0.5) is 16.4 Å². The second-order valence-electron chi connectivity index (χ2n) is 7.90. The molecule has 8 heteroatoms. The fourth-order valence-corrected chi connectivity index (χ4v) is 3.67. The van der Waals surface area contributed by atoms with E-state index >= 15 is 0 Å². The first-order valence-electron chi connectivity index (χ1n) is 11.3. The van der Waals surface area contributed by atoms with Gasteiger partial charge in [-0.25, -0.2) is 9.78 Å². The van der Waals surface area contributed by atoms with E-state index in [2.05, 4.69) is 15.2 Å². The van der Waals surface area contributed by atoms with Gasteiger partial charge in [0, 0.05) is 31.7 Å². The minimum atomic E-state index is -0.152. The van der Waals surface area contributed by atoms with E-state index in [1.807, 2.05) is 46.8 Å². The Morgan fingerprint density at radius 3 is 2.52 bits per heavy atom. The SMILES string of the molecule is CC.Cc1ccc(NC(=O)N2CCc3nc(N4CCCC4)nc(OC(C)C)c3C2)cn1. The second kappa shape index (κ2) is 10.4. The molecule has 0 unspecified atom stereocenters. The molecule has 0 bridgehead atoms. The molecular formula is C23H34N6O2. The van der Waals surface area contributed by atoms with Crippen LogP contribution < -0.4 is 15.0 Å². The maximum absolute atomic E-state index is 12.8. The molecule has 8 nitrogen and oxygen atoms in total. The summed E-state index contributed by atoms with van der Waals surface area (Å²) in [6.07, 6.45) is 4.70. The van der Waals surface area contributed by atoms with Crippen molar-refractivity contribution < 1.29 is 9.53 Å². The number of pyridine rings is 1. The van der Waals surface area contributed by atoms with Crippen LogP contribution in [-0.2, 0) is 13.0 Å². The molecule has 1 saturated heterocycles. The van der Waals surface area contributed by atoms with Gasteiger partial charge >= 0.3 is 6.03 Å². The van der Waals surface area contributed by atoms with Gasteiger partial charge in [0.05, 0.1) is 35.8 Å². The van der Waals surface area contributed by atoms with Crippen LogP contribution in [0.2, 0.25) is 0 Å². The lowest BCUT2D eigenvalue weighted by Gasteiger charge is -2.30. The van der Waals surface area contributed by atoms with E-state index in [0.29, 0.717) is 31.1 Å². The molecule has 2 amide bonds. The van der Waals surface area contributed by atoms with Crippen LogP contribution in [0.3, 0.4) is 0 Å². The summed E-state index contributed by atoms with van der Waals surface area (Å²) >= 11 is 0. The lowest BCUT2D eigenvalue weighted by Crippen LogP contribution is -2.40. The smallest absolute Gasteiger partial charge is 0.322 e. The minimum absolute atomic E-state index is 0.00302. The van der Waals surface area contributed by atoms with Crippen molar-refractivity contribution in [1.29, 1.82) is 0 Å². The number of nitrogens with zero attached hydrogens (tertiary/aromatic N) is 5. The molecule has 0 spiro atoms. The number of fused-ring (bicyclic) bond motifs is 1. The molecule has 0 aromatic carbocycles. The molecule has 0 atom stereocenters. The summed E-state index contributed by atoms with van der Waals surface area (Å²) in [5, 5.41) is 2.92. The monoisotopic (exact) mass is 426 g/mol. The Hall–Kier alpha value is -2.90. The summed E-state index contributed by atoms with van der Waals surface area (Å²) in [6.45, 7) is 12.9. The third kappa shape index (κ3) is 5.62. The van der Waals surface area contributed by atoms with Crippen LogP contribution in [0.25, 0.3) is 0 Å². The zero-order chi connectivity index (χ0) is 22.4. The van der Waals surface area contributed by atoms with Crippen LogP contribution >= 0.6 is 0 Å². The highest BCUT2D eigenvalue weighted by Gasteiger charge is 2.28. The predicted octanol–water partition coefficient (Wildman–Crippen LogP) is 4.18. The summed E-state index contributed by atoms with van der Waals surface area (Å²) in [4.78, 5) is 30.5. The zero-order valence-corrected chi connectivity index (χ0v) is 19.3. The molecule has 0 saturated carbocycles. The van der Waals surface area contributed by atoms with Crippen molar-refractivity contribution in [2.24, 2.45) is 0 Å². The van der Waals surface area contributed by atoms with Gasteiger partial charge in [-0.1, -0.05) is 13.8 Å². The Labute approximate surface area is 185 Å². The van der Waals surface area contributed by atoms with Crippen LogP contribution in [0.1, 0.15) is 57.5 Å². The van der Waals surface area contributed by atoms with E-state index in [1.165, 1.54) is 12.8 Å². The van der Waals surface area contributed by atoms with E-state index < -0.39 is 0 Å². The van der Waals surface area contributed by atoms with Gasteiger partial charge in [0.1, 0.15) is 0 Å². The fraction of sp³-hybridized carbons (Fsp3) is 0.565. The number of amides is 2. The van der Waals surface area contributed by atoms with Gasteiger partial charge in [0.15, 0.2) is 0 Å². The van der Waals surface area contributed by atoms with Crippen LogP contribution in [-0.4, -0.2) is 51.6 Å². The average molecular weight is 427 g/mol. The van der Waals surface area contributed by atoms with Crippen molar-refractivity contribution in [3.8, 4) is 5.88 Å². The molecule has 1 fully saturated rings. The van der Waals surface area contributed by atoms with Crippen molar-refractivity contribution in [2.75, 3.05) is 29.9 Å². The van der Waals surface area contributed by atoms with Crippen molar-refractivity contribution >= 4 is 17.7 Å². The molecule has 1 N–H and O–H groups in total. The van der Waals surface area contributed by atoms with Crippen molar-refractivity contribution in [2.45, 2.75) is 66.5 Å². The molecule has 2 aromatic rings. The first-order chi connectivity index (χ1) is 15.0. The zero-order valence-electron chi connectivity index (χ0n) is 19.3. The third-order valence-corrected chi connectivity index (χ3v) is 5.20. The number of nitrogens with one attached hydrogen (secondary N) is 1. The third-order valence-electron chi connectivity index (χ3n) is 5.20. The summed E-state index contributed by atoms with van der Waals surface area (Å²) in [5.74, 6) is 1.35. The molecule has 4 heterocycles. The minimum Gasteiger partial charge on any atom is -0.475 e. The van der Waals surface area contributed by atoms with Gasteiger partial charge in [-0.05, 0) is 45.7 Å². The van der Waals surface area contributed by atoms with E-state index in [4.69, 9.17) is 14.7 Å². The van der Waals surface area contributed by atoms with Crippen molar-refractivity contribution in [3.63, 3.8) is 0 Å². The number of anilines is 2. The Morgan fingerprint density at radius 2 is 1.87 bits per heavy atom. The fourth-order valence-electron chi connectivity index (χ4n) is 3.67. The number of hydrogen-bond acceptors (Lipinski definition) is 6. The van der Waals surface area contributed by atoms with Crippen LogP contribution in [0.15, 0.2) is 18.3 Å². The van der Waals surface area contributed by atoms with Gasteiger partial charge < -0.3 is 19.9 Å². The van der Waals surface area contributed by atoms with Crippen LogP contribution in [0.5, 0.6) is 5.88 Å². The number of aryl methyl sites for hydroxylation is 1. The molecule has 2 aliphatic rings. The standard InChI is InChI=1S/C21H28N6O2.C2H6/c1-14(2)29-19-17-13-27(21(28)23-16-7-6-15(3)22-12-16)11-8-18(17)24-20(25-19)26-9-4-5-10-26;1-2/h6-7,12,14H,4-5,8-11,13H2,1-3H3,(H,23,28);1-2H3. The highest BCUT2D eigenvalue weighted by molar-refractivity contribution is 5.89. The van der Waals surface area contributed by atoms with Crippen molar-refractivity contribution in [1.82, 2.24) is 19.9 Å². The first kappa shape index (κ1) is 22.8. The number of hydrogen-bond donors (Lipinski definition) is 1. The molecule has 2 aliphatic heterocycles. The van der Waals surface area contributed by atoms with Gasteiger partial charge in [0.25, 0.3) is 0 Å². The van der Waals surface area contributed by atoms with Gasteiger partial charge in [-0.15, -0.1) is 0 Å². The maximum atomic E-state index is 12.8. The maximum Gasteiger partial charge on any atom is 0.322 e. The molecule has 31 heavy (non-hydrogen) atoms. The van der Waals surface area contributed by atoms with Gasteiger partial charge in [-0.2, -0.15) is 4.98 Å². The van der Waals surface area contributed by atoms with Crippen LogP contribution in [0, 0.1) is 6.92 Å². The van der Waals surface area contributed by atoms with Crippen molar-refractivity contribution in [3.05, 3.63) is 35.3 Å². The van der Waals surface area contributed by atoms with E-state index in [1.54, 1.807) is 11.1 Å². The van der Waals surface area contributed by atoms with E-state index in [0.717, 1.165) is 36.0 Å².